The van der Waals surface area contributed by atoms with Crippen molar-refractivity contribution in [2.45, 2.75) is 38.9 Å². The second-order valence-corrected chi connectivity index (χ2v) is 3.95. The van der Waals surface area contributed by atoms with Crippen LogP contribution in [-0.2, 0) is 5.33 Å². The van der Waals surface area contributed by atoms with Crippen LogP contribution in [0, 0.1) is 0 Å². The molecular weight excluding hydrogens is 289 g/mol. The summed E-state index contributed by atoms with van der Waals surface area (Å²) >= 11 is 9.08. The summed E-state index contributed by atoms with van der Waals surface area (Å²) in [6.07, 6.45) is 2.94. The van der Waals surface area contributed by atoms with Gasteiger partial charge in [-0.25, -0.2) is 0 Å². The first-order valence-electron chi connectivity index (χ1n) is 5.42. The zero-order valence-corrected chi connectivity index (χ0v) is 12.2. The molecule has 1 heterocycles. The van der Waals surface area contributed by atoms with Gasteiger partial charge in [-0.15, -0.1) is 0 Å². The summed E-state index contributed by atoms with van der Waals surface area (Å²) in [5, 5.41) is 1.09. The van der Waals surface area contributed by atoms with Crippen molar-refractivity contribution in [3.63, 3.8) is 0 Å². The Balaban J connectivity index is 0.00000106. The molecule has 0 bridgehead atoms. The lowest BCUT2D eigenvalue weighted by atomic mass is 10.1. The van der Waals surface area contributed by atoms with E-state index in [-0.39, 0.29) is 5.78 Å². The first-order valence-corrected chi connectivity index (χ1v) is 6.92. The maximum Gasteiger partial charge on any atom is 0.164 e. The van der Waals surface area contributed by atoms with Gasteiger partial charge in [0.05, 0.1) is 10.7 Å². The molecule has 0 radical (unpaired) electrons. The number of halogens is 2. The van der Waals surface area contributed by atoms with Crippen molar-refractivity contribution in [2.24, 2.45) is 0 Å². The highest BCUT2D eigenvalue weighted by atomic mass is 79.9. The minimum Gasteiger partial charge on any atom is -0.294 e. The smallest absolute Gasteiger partial charge is 0.164 e. The van der Waals surface area contributed by atoms with Crippen LogP contribution in [0.3, 0.4) is 0 Å². The number of nitrogens with zero attached hydrogens (tertiary/aromatic N) is 1. The summed E-state index contributed by atoms with van der Waals surface area (Å²) < 4.78 is 0. The summed E-state index contributed by atoms with van der Waals surface area (Å²) in [4.78, 5) is 15.8. The SMILES string of the molecule is CC.CCCC(=O)c1cc(Cl)cnc1CBr. The van der Waals surface area contributed by atoms with Gasteiger partial charge in [0.25, 0.3) is 0 Å². The lowest BCUT2D eigenvalue weighted by Crippen LogP contribution is -2.04. The van der Waals surface area contributed by atoms with Gasteiger partial charge in [-0.1, -0.05) is 48.3 Å². The Hall–Kier alpha value is -0.410. The molecule has 1 rings (SSSR count). The number of pyridine rings is 1. The Morgan fingerprint density at radius 1 is 1.50 bits per heavy atom. The minimum atomic E-state index is 0.108. The van der Waals surface area contributed by atoms with Gasteiger partial charge in [0.1, 0.15) is 0 Å². The Bertz CT molecular complexity index is 342. The number of alkyl halides is 1. The van der Waals surface area contributed by atoms with Crippen LogP contribution in [0.2, 0.25) is 5.02 Å². The van der Waals surface area contributed by atoms with Crippen LogP contribution in [0.5, 0.6) is 0 Å². The molecule has 16 heavy (non-hydrogen) atoms. The van der Waals surface area contributed by atoms with Gasteiger partial charge in [0, 0.05) is 23.5 Å². The maximum absolute atomic E-state index is 11.7. The summed E-state index contributed by atoms with van der Waals surface area (Å²) in [6, 6.07) is 1.68. The predicted molar refractivity (Wildman–Crippen MR) is 72.5 cm³/mol. The molecule has 1 aromatic rings. The van der Waals surface area contributed by atoms with Gasteiger partial charge in [-0.3, -0.25) is 9.78 Å². The second-order valence-electron chi connectivity index (χ2n) is 2.95. The van der Waals surface area contributed by atoms with E-state index in [1.54, 1.807) is 12.3 Å². The number of hydrogen-bond donors (Lipinski definition) is 0. The lowest BCUT2D eigenvalue weighted by molar-refractivity contribution is 0.0980. The number of carbonyl (C=O) groups excluding carboxylic acids is 1. The van der Waals surface area contributed by atoms with Gasteiger partial charge in [-0.2, -0.15) is 0 Å². The molecule has 1 aromatic heterocycles. The summed E-state index contributed by atoms with van der Waals surface area (Å²) in [6.45, 7) is 5.98. The van der Waals surface area contributed by atoms with Gasteiger partial charge in [0.2, 0.25) is 0 Å². The number of aromatic nitrogens is 1. The van der Waals surface area contributed by atoms with Crippen LogP contribution in [0.4, 0.5) is 0 Å². The van der Waals surface area contributed by atoms with Gasteiger partial charge in [-0.05, 0) is 12.5 Å². The summed E-state index contributed by atoms with van der Waals surface area (Å²) in [5.74, 6) is 0.108. The van der Waals surface area contributed by atoms with E-state index in [0.717, 1.165) is 12.1 Å². The quantitative estimate of drug-likeness (QED) is 0.599. The third-order valence-electron chi connectivity index (χ3n) is 1.84. The minimum absolute atomic E-state index is 0.108. The molecule has 0 aromatic carbocycles. The normalized spacial score (nSPS) is 9.31. The van der Waals surface area contributed by atoms with Crippen molar-refractivity contribution in [3.05, 3.63) is 28.5 Å². The second kappa shape index (κ2) is 8.71. The molecule has 0 spiro atoms. The monoisotopic (exact) mass is 305 g/mol. The fourth-order valence-corrected chi connectivity index (χ4v) is 1.78. The van der Waals surface area contributed by atoms with Crippen molar-refractivity contribution in [1.82, 2.24) is 4.98 Å². The fourth-order valence-electron chi connectivity index (χ4n) is 1.18. The Morgan fingerprint density at radius 2 is 2.12 bits per heavy atom. The van der Waals surface area contributed by atoms with Crippen LogP contribution in [-0.4, -0.2) is 10.8 Å². The highest BCUT2D eigenvalue weighted by molar-refractivity contribution is 9.08. The van der Waals surface area contributed by atoms with E-state index in [9.17, 15) is 4.79 Å². The molecule has 0 amide bonds. The Morgan fingerprint density at radius 3 is 2.62 bits per heavy atom. The van der Waals surface area contributed by atoms with Crippen molar-refractivity contribution >= 4 is 33.3 Å². The Kier molecular flexibility index (Phi) is 8.49. The molecule has 2 nitrogen and oxygen atoms in total. The van der Waals surface area contributed by atoms with Crippen LogP contribution in [0.15, 0.2) is 12.3 Å². The standard InChI is InChI=1S/C10H11BrClNO.C2H6/c1-2-3-10(14)8-4-7(12)6-13-9(8)5-11;1-2/h4,6H,2-3,5H2,1H3;1-2H3. The molecule has 0 saturated heterocycles. The average Bonchev–Trinajstić information content (AvgIpc) is 2.32. The Labute approximate surface area is 111 Å². The first-order chi connectivity index (χ1) is 7.69. The third-order valence-corrected chi connectivity index (χ3v) is 2.58. The van der Waals surface area contributed by atoms with Crippen LogP contribution >= 0.6 is 27.5 Å². The molecule has 0 aliphatic rings. The average molecular weight is 307 g/mol. The topological polar surface area (TPSA) is 30.0 Å². The van der Waals surface area contributed by atoms with E-state index < -0.39 is 0 Å². The largest absolute Gasteiger partial charge is 0.294 e. The molecule has 0 aliphatic carbocycles. The highest BCUT2D eigenvalue weighted by Gasteiger charge is 2.11. The number of hydrogen-bond acceptors (Lipinski definition) is 2. The molecule has 4 heteroatoms. The number of rotatable bonds is 4. The van der Waals surface area contributed by atoms with Gasteiger partial charge >= 0.3 is 0 Å². The molecule has 0 aliphatic heterocycles. The molecular formula is C12H17BrClNO. The van der Waals surface area contributed by atoms with E-state index >= 15 is 0 Å². The first kappa shape index (κ1) is 15.6. The van der Waals surface area contributed by atoms with Crippen molar-refractivity contribution in [3.8, 4) is 0 Å². The zero-order valence-electron chi connectivity index (χ0n) is 9.89. The zero-order chi connectivity index (χ0) is 12.6. The van der Waals surface area contributed by atoms with Crippen LogP contribution in [0.25, 0.3) is 0 Å². The molecule has 90 valence electrons. The number of Topliss-reactive ketones (excluding diaryl/α,β-unsaturated/α-hetero) is 1. The van der Waals surface area contributed by atoms with Crippen molar-refractivity contribution in [1.29, 1.82) is 0 Å². The van der Waals surface area contributed by atoms with Crippen molar-refractivity contribution in [2.75, 3.05) is 0 Å². The van der Waals surface area contributed by atoms with Crippen LogP contribution < -0.4 is 0 Å². The molecule has 0 unspecified atom stereocenters. The van der Waals surface area contributed by atoms with E-state index in [1.165, 1.54) is 0 Å². The summed E-state index contributed by atoms with van der Waals surface area (Å²) in [7, 11) is 0. The van der Waals surface area contributed by atoms with E-state index in [0.29, 0.717) is 22.3 Å². The highest BCUT2D eigenvalue weighted by Crippen LogP contribution is 2.17. The van der Waals surface area contributed by atoms with E-state index in [1.807, 2.05) is 20.8 Å². The van der Waals surface area contributed by atoms with E-state index in [2.05, 4.69) is 20.9 Å². The third kappa shape index (κ3) is 4.62. The summed E-state index contributed by atoms with van der Waals surface area (Å²) in [5.41, 5.74) is 1.39. The molecule has 0 N–H and O–H groups in total. The number of ketones is 1. The molecule has 0 saturated carbocycles. The lowest BCUT2D eigenvalue weighted by Gasteiger charge is -2.04. The number of carbonyl (C=O) groups is 1. The molecule has 0 atom stereocenters. The van der Waals surface area contributed by atoms with Gasteiger partial charge < -0.3 is 0 Å². The maximum atomic E-state index is 11.7. The predicted octanol–water partition coefficient (Wildman–Crippen LogP) is 4.64. The van der Waals surface area contributed by atoms with E-state index in [4.69, 9.17) is 11.6 Å². The molecule has 0 fully saturated rings. The van der Waals surface area contributed by atoms with Crippen LogP contribution in [0.1, 0.15) is 49.7 Å². The fraction of sp³-hybridized carbons (Fsp3) is 0.500. The van der Waals surface area contributed by atoms with Crippen molar-refractivity contribution < 1.29 is 4.79 Å². The van der Waals surface area contributed by atoms with Gasteiger partial charge in [0.15, 0.2) is 5.78 Å².